The third kappa shape index (κ3) is 3.53. The number of nitrogens with one attached hydrogen (secondary N) is 1. The summed E-state index contributed by atoms with van der Waals surface area (Å²) in [6, 6.07) is 15.2. The largest absolute Gasteiger partial charge is 0.347 e. The standard InChI is InChI=1S/C16H12ClNOS2/c17-12-5-3-11(4-6-12)16(19)18-10-13-7-8-15(21-13)14-2-1-9-20-14/h1-9H,10H2,(H,18,19). The van der Waals surface area contributed by atoms with Gasteiger partial charge in [-0.3, -0.25) is 4.79 Å². The Morgan fingerprint density at radius 1 is 1.05 bits per heavy atom. The van der Waals surface area contributed by atoms with Crippen LogP contribution in [-0.2, 0) is 6.54 Å². The Morgan fingerprint density at radius 3 is 2.57 bits per heavy atom. The summed E-state index contributed by atoms with van der Waals surface area (Å²) >= 11 is 9.24. The molecule has 3 rings (SSSR count). The Balaban J connectivity index is 1.62. The highest BCUT2D eigenvalue weighted by Gasteiger charge is 2.07. The fraction of sp³-hybridized carbons (Fsp3) is 0.0625. The Kier molecular flexibility index (Phi) is 4.39. The molecule has 0 aliphatic rings. The predicted octanol–water partition coefficient (Wildman–Crippen LogP) is 5.06. The van der Waals surface area contributed by atoms with Crippen LogP contribution < -0.4 is 5.32 Å². The topological polar surface area (TPSA) is 29.1 Å². The van der Waals surface area contributed by atoms with Crippen LogP contribution in [0.4, 0.5) is 0 Å². The van der Waals surface area contributed by atoms with E-state index in [4.69, 9.17) is 11.6 Å². The summed E-state index contributed by atoms with van der Waals surface area (Å²) in [5.74, 6) is -0.0854. The van der Waals surface area contributed by atoms with E-state index in [1.54, 1.807) is 46.9 Å². The van der Waals surface area contributed by atoms with Crippen molar-refractivity contribution in [1.29, 1.82) is 0 Å². The number of halogens is 1. The van der Waals surface area contributed by atoms with Gasteiger partial charge in [-0.15, -0.1) is 22.7 Å². The molecular formula is C16H12ClNOS2. The lowest BCUT2D eigenvalue weighted by Gasteiger charge is -2.03. The van der Waals surface area contributed by atoms with Crippen molar-refractivity contribution in [3.63, 3.8) is 0 Å². The highest BCUT2D eigenvalue weighted by molar-refractivity contribution is 7.21. The highest BCUT2D eigenvalue weighted by Crippen LogP contribution is 2.31. The van der Waals surface area contributed by atoms with Gasteiger partial charge < -0.3 is 5.32 Å². The maximum Gasteiger partial charge on any atom is 0.251 e. The molecule has 0 bridgehead atoms. The highest BCUT2D eigenvalue weighted by atomic mass is 35.5. The number of thiophene rings is 2. The van der Waals surface area contributed by atoms with Gasteiger partial charge in [0.05, 0.1) is 6.54 Å². The van der Waals surface area contributed by atoms with Crippen LogP contribution in [0.25, 0.3) is 9.75 Å². The number of benzene rings is 1. The van der Waals surface area contributed by atoms with E-state index in [2.05, 4.69) is 28.9 Å². The molecule has 21 heavy (non-hydrogen) atoms. The molecule has 1 aromatic carbocycles. The molecule has 106 valence electrons. The van der Waals surface area contributed by atoms with E-state index in [1.807, 2.05) is 6.07 Å². The minimum Gasteiger partial charge on any atom is -0.347 e. The van der Waals surface area contributed by atoms with Crippen molar-refractivity contribution in [1.82, 2.24) is 5.32 Å². The molecule has 2 nitrogen and oxygen atoms in total. The molecule has 0 fully saturated rings. The quantitative estimate of drug-likeness (QED) is 0.710. The molecule has 0 radical (unpaired) electrons. The number of hydrogen-bond acceptors (Lipinski definition) is 3. The summed E-state index contributed by atoms with van der Waals surface area (Å²) in [7, 11) is 0. The molecule has 3 aromatic rings. The van der Waals surface area contributed by atoms with Crippen LogP contribution in [0, 0.1) is 0 Å². The lowest BCUT2D eigenvalue weighted by molar-refractivity contribution is 0.0951. The summed E-state index contributed by atoms with van der Waals surface area (Å²) in [6.07, 6.45) is 0. The first-order chi connectivity index (χ1) is 10.2. The Morgan fingerprint density at radius 2 is 1.86 bits per heavy atom. The third-order valence-electron chi connectivity index (χ3n) is 2.96. The lowest BCUT2D eigenvalue weighted by Crippen LogP contribution is -2.22. The van der Waals surface area contributed by atoms with E-state index >= 15 is 0 Å². The van der Waals surface area contributed by atoms with Crippen LogP contribution in [0.2, 0.25) is 5.02 Å². The molecule has 0 saturated heterocycles. The second-order valence-electron chi connectivity index (χ2n) is 4.43. The zero-order valence-electron chi connectivity index (χ0n) is 11.0. The average Bonchev–Trinajstić information content (AvgIpc) is 3.16. The van der Waals surface area contributed by atoms with Crippen LogP contribution in [0.1, 0.15) is 15.2 Å². The Hall–Kier alpha value is -1.62. The zero-order chi connectivity index (χ0) is 14.7. The van der Waals surface area contributed by atoms with Crippen LogP contribution in [0.3, 0.4) is 0 Å². The van der Waals surface area contributed by atoms with Crippen LogP contribution >= 0.6 is 34.3 Å². The molecule has 1 N–H and O–H groups in total. The molecule has 0 spiro atoms. The van der Waals surface area contributed by atoms with Gasteiger partial charge in [0.1, 0.15) is 0 Å². The number of hydrogen-bond donors (Lipinski definition) is 1. The fourth-order valence-electron chi connectivity index (χ4n) is 1.89. The molecule has 0 aliphatic heterocycles. The SMILES string of the molecule is O=C(NCc1ccc(-c2cccs2)s1)c1ccc(Cl)cc1. The lowest BCUT2D eigenvalue weighted by atomic mass is 10.2. The third-order valence-corrected chi connectivity index (χ3v) is 5.36. The first-order valence-corrected chi connectivity index (χ1v) is 8.46. The van der Waals surface area contributed by atoms with Gasteiger partial charge in [-0.25, -0.2) is 0 Å². The fourth-order valence-corrected chi connectivity index (χ4v) is 3.80. The molecule has 0 atom stereocenters. The molecule has 2 aromatic heterocycles. The minimum absolute atomic E-state index is 0.0854. The first kappa shape index (κ1) is 14.3. The normalized spacial score (nSPS) is 10.5. The maximum absolute atomic E-state index is 12.0. The van der Waals surface area contributed by atoms with Gasteiger partial charge >= 0.3 is 0 Å². The van der Waals surface area contributed by atoms with E-state index in [0.717, 1.165) is 4.88 Å². The second kappa shape index (κ2) is 6.43. The van der Waals surface area contributed by atoms with Crippen molar-refractivity contribution in [2.24, 2.45) is 0 Å². The van der Waals surface area contributed by atoms with Gasteiger partial charge in [0.25, 0.3) is 5.91 Å². The van der Waals surface area contributed by atoms with Gasteiger partial charge in [0.15, 0.2) is 0 Å². The number of carbonyl (C=O) groups excluding carboxylic acids is 1. The minimum atomic E-state index is -0.0854. The predicted molar refractivity (Wildman–Crippen MR) is 90.3 cm³/mol. The molecule has 2 heterocycles. The molecule has 1 amide bonds. The first-order valence-electron chi connectivity index (χ1n) is 6.39. The van der Waals surface area contributed by atoms with Gasteiger partial charge in [-0.05, 0) is 47.8 Å². The van der Waals surface area contributed by atoms with Crippen LogP contribution in [-0.4, -0.2) is 5.91 Å². The van der Waals surface area contributed by atoms with Gasteiger partial charge in [-0.1, -0.05) is 17.7 Å². The summed E-state index contributed by atoms with van der Waals surface area (Å²) in [6.45, 7) is 0.539. The molecular weight excluding hydrogens is 322 g/mol. The summed E-state index contributed by atoms with van der Waals surface area (Å²) < 4.78 is 0. The van der Waals surface area contributed by atoms with Crippen molar-refractivity contribution in [3.05, 3.63) is 69.4 Å². The molecule has 0 unspecified atom stereocenters. The number of carbonyl (C=O) groups is 1. The van der Waals surface area contributed by atoms with Crippen molar-refractivity contribution in [2.75, 3.05) is 0 Å². The van der Waals surface area contributed by atoms with E-state index < -0.39 is 0 Å². The summed E-state index contributed by atoms with van der Waals surface area (Å²) in [5, 5.41) is 5.62. The summed E-state index contributed by atoms with van der Waals surface area (Å²) in [4.78, 5) is 15.7. The van der Waals surface area contributed by atoms with Crippen molar-refractivity contribution in [2.45, 2.75) is 6.54 Å². The van der Waals surface area contributed by atoms with Gasteiger partial charge in [-0.2, -0.15) is 0 Å². The van der Waals surface area contributed by atoms with Crippen molar-refractivity contribution in [3.8, 4) is 9.75 Å². The molecule has 5 heteroatoms. The summed E-state index contributed by atoms with van der Waals surface area (Å²) in [5.41, 5.74) is 0.620. The number of rotatable bonds is 4. The van der Waals surface area contributed by atoms with Crippen molar-refractivity contribution >= 4 is 40.2 Å². The van der Waals surface area contributed by atoms with E-state index in [0.29, 0.717) is 17.1 Å². The monoisotopic (exact) mass is 333 g/mol. The number of amides is 1. The Labute approximate surface area is 136 Å². The average molecular weight is 334 g/mol. The zero-order valence-corrected chi connectivity index (χ0v) is 13.4. The van der Waals surface area contributed by atoms with Crippen LogP contribution in [0.5, 0.6) is 0 Å². The van der Waals surface area contributed by atoms with E-state index in [-0.39, 0.29) is 5.91 Å². The van der Waals surface area contributed by atoms with Crippen molar-refractivity contribution < 1.29 is 4.79 Å². The van der Waals surface area contributed by atoms with Gasteiger partial charge in [0.2, 0.25) is 0 Å². The van der Waals surface area contributed by atoms with Gasteiger partial charge in [0, 0.05) is 25.2 Å². The van der Waals surface area contributed by atoms with E-state index in [9.17, 15) is 4.79 Å². The van der Waals surface area contributed by atoms with E-state index in [1.165, 1.54) is 9.75 Å². The molecule has 0 aliphatic carbocycles. The van der Waals surface area contributed by atoms with Crippen LogP contribution in [0.15, 0.2) is 53.9 Å². The molecule has 0 saturated carbocycles. The maximum atomic E-state index is 12.0. The second-order valence-corrected chi connectivity index (χ2v) is 6.99. The smallest absolute Gasteiger partial charge is 0.251 e. The Bertz CT molecular complexity index is 732.